The van der Waals surface area contributed by atoms with E-state index in [-0.39, 0.29) is 0 Å². The highest BCUT2D eigenvalue weighted by atomic mass is 14.9. The molecule has 1 heteroatoms. The minimum atomic E-state index is 0.698. The standard InChI is InChI=1S/C12H23N/c1-8(9(2)13-3)12-7-10-4-5-11(12)6-10/h8-13H,4-7H2,1-3H3. The van der Waals surface area contributed by atoms with Crippen molar-refractivity contribution >= 4 is 0 Å². The van der Waals surface area contributed by atoms with Gasteiger partial charge in [-0.3, -0.25) is 0 Å². The van der Waals surface area contributed by atoms with Gasteiger partial charge in [0.15, 0.2) is 0 Å². The van der Waals surface area contributed by atoms with Crippen molar-refractivity contribution in [2.45, 2.75) is 45.6 Å². The normalized spacial score (nSPS) is 42.2. The molecule has 2 rings (SSSR count). The van der Waals surface area contributed by atoms with Crippen molar-refractivity contribution < 1.29 is 0 Å². The van der Waals surface area contributed by atoms with Gasteiger partial charge in [-0.05, 0) is 56.9 Å². The van der Waals surface area contributed by atoms with Crippen LogP contribution in [0.5, 0.6) is 0 Å². The first-order valence-electron chi connectivity index (χ1n) is 5.89. The van der Waals surface area contributed by atoms with E-state index in [1.54, 1.807) is 6.42 Å². The zero-order valence-corrected chi connectivity index (χ0v) is 9.22. The van der Waals surface area contributed by atoms with Crippen LogP contribution < -0.4 is 5.32 Å². The van der Waals surface area contributed by atoms with Crippen LogP contribution in [0.15, 0.2) is 0 Å². The summed E-state index contributed by atoms with van der Waals surface area (Å²) in [6.07, 6.45) is 6.13. The maximum atomic E-state index is 3.40. The molecule has 0 aromatic heterocycles. The Balaban J connectivity index is 1.94. The van der Waals surface area contributed by atoms with Crippen LogP contribution in [0.2, 0.25) is 0 Å². The molecule has 0 amide bonds. The van der Waals surface area contributed by atoms with Crippen molar-refractivity contribution in [3.05, 3.63) is 0 Å². The number of nitrogens with one attached hydrogen (secondary N) is 1. The molecule has 0 aromatic carbocycles. The van der Waals surface area contributed by atoms with Crippen molar-refractivity contribution in [2.24, 2.45) is 23.7 Å². The third kappa shape index (κ3) is 1.63. The van der Waals surface area contributed by atoms with E-state index < -0.39 is 0 Å². The van der Waals surface area contributed by atoms with Gasteiger partial charge in [0.05, 0.1) is 0 Å². The zero-order valence-electron chi connectivity index (χ0n) is 9.22. The molecule has 2 bridgehead atoms. The van der Waals surface area contributed by atoms with Gasteiger partial charge in [0.1, 0.15) is 0 Å². The Bertz CT molecular complexity index is 178. The van der Waals surface area contributed by atoms with E-state index in [0.717, 1.165) is 23.7 Å². The molecular formula is C12H23N. The van der Waals surface area contributed by atoms with Gasteiger partial charge in [-0.1, -0.05) is 13.3 Å². The highest BCUT2D eigenvalue weighted by molar-refractivity contribution is 4.93. The summed E-state index contributed by atoms with van der Waals surface area (Å²) in [4.78, 5) is 0. The maximum Gasteiger partial charge on any atom is 0.00641 e. The third-order valence-corrected chi connectivity index (χ3v) is 4.71. The molecule has 1 N–H and O–H groups in total. The molecule has 5 unspecified atom stereocenters. The lowest BCUT2D eigenvalue weighted by atomic mass is 9.77. The van der Waals surface area contributed by atoms with Crippen LogP contribution in [0, 0.1) is 23.7 Å². The first-order chi connectivity index (χ1) is 6.22. The van der Waals surface area contributed by atoms with Crippen molar-refractivity contribution in [1.29, 1.82) is 0 Å². The van der Waals surface area contributed by atoms with Gasteiger partial charge in [0, 0.05) is 6.04 Å². The summed E-state index contributed by atoms with van der Waals surface area (Å²) in [5, 5.41) is 3.40. The van der Waals surface area contributed by atoms with Crippen molar-refractivity contribution in [3.8, 4) is 0 Å². The van der Waals surface area contributed by atoms with Crippen molar-refractivity contribution in [2.75, 3.05) is 7.05 Å². The van der Waals surface area contributed by atoms with E-state index in [0.29, 0.717) is 6.04 Å². The fourth-order valence-corrected chi connectivity index (χ4v) is 3.57. The minimum Gasteiger partial charge on any atom is -0.317 e. The van der Waals surface area contributed by atoms with Crippen LogP contribution in [0.4, 0.5) is 0 Å². The van der Waals surface area contributed by atoms with E-state index in [9.17, 15) is 0 Å². The summed E-state index contributed by atoms with van der Waals surface area (Å²) in [7, 11) is 2.09. The Labute approximate surface area is 82.3 Å². The Morgan fingerprint density at radius 2 is 1.92 bits per heavy atom. The fourth-order valence-electron chi connectivity index (χ4n) is 3.57. The van der Waals surface area contributed by atoms with Gasteiger partial charge in [-0.15, -0.1) is 0 Å². The Hall–Kier alpha value is -0.0400. The Morgan fingerprint density at radius 3 is 2.38 bits per heavy atom. The van der Waals surface area contributed by atoms with Gasteiger partial charge in [-0.25, -0.2) is 0 Å². The predicted molar refractivity (Wildman–Crippen MR) is 56.6 cm³/mol. The minimum absolute atomic E-state index is 0.698. The van der Waals surface area contributed by atoms with Crippen molar-refractivity contribution in [1.82, 2.24) is 5.32 Å². The molecule has 0 saturated heterocycles. The molecule has 0 aliphatic heterocycles. The summed E-state index contributed by atoms with van der Waals surface area (Å²) in [5.74, 6) is 4.08. The molecule has 2 fully saturated rings. The van der Waals surface area contributed by atoms with Crippen LogP contribution >= 0.6 is 0 Å². The smallest absolute Gasteiger partial charge is 0.00641 e. The average Bonchev–Trinajstić information content (AvgIpc) is 2.76. The number of hydrogen-bond acceptors (Lipinski definition) is 1. The van der Waals surface area contributed by atoms with Crippen LogP contribution in [-0.4, -0.2) is 13.1 Å². The first kappa shape index (κ1) is 9.51. The summed E-state index contributed by atoms with van der Waals surface area (Å²) in [6, 6.07) is 0.698. The first-order valence-corrected chi connectivity index (χ1v) is 5.89. The van der Waals surface area contributed by atoms with E-state index in [1.807, 2.05) is 0 Å². The highest BCUT2D eigenvalue weighted by Gasteiger charge is 2.42. The highest BCUT2D eigenvalue weighted by Crippen LogP contribution is 2.51. The molecule has 0 radical (unpaired) electrons. The topological polar surface area (TPSA) is 12.0 Å². The molecule has 2 aliphatic rings. The summed E-state index contributed by atoms with van der Waals surface area (Å²) < 4.78 is 0. The van der Waals surface area contributed by atoms with Gasteiger partial charge < -0.3 is 5.32 Å². The monoisotopic (exact) mass is 181 g/mol. The quantitative estimate of drug-likeness (QED) is 0.706. The molecule has 13 heavy (non-hydrogen) atoms. The van der Waals surface area contributed by atoms with Gasteiger partial charge in [-0.2, -0.15) is 0 Å². The number of rotatable bonds is 3. The molecule has 1 nitrogen and oxygen atoms in total. The lowest BCUT2D eigenvalue weighted by molar-refractivity contribution is 0.205. The van der Waals surface area contributed by atoms with Gasteiger partial charge in [0.25, 0.3) is 0 Å². The molecule has 0 spiro atoms. The van der Waals surface area contributed by atoms with Crippen LogP contribution in [0.1, 0.15) is 39.5 Å². The maximum absolute atomic E-state index is 3.40. The van der Waals surface area contributed by atoms with E-state index in [1.165, 1.54) is 19.3 Å². The van der Waals surface area contributed by atoms with Crippen molar-refractivity contribution in [3.63, 3.8) is 0 Å². The van der Waals surface area contributed by atoms with Gasteiger partial charge in [0.2, 0.25) is 0 Å². The molecule has 2 aliphatic carbocycles. The van der Waals surface area contributed by atoms with Crippen LogP contribution in [-0.2, 0) is 0 Å². The Morgan fingerprint density at radius 1 is 1.15 bits per heavy atom. The predicted octanol–water partition coefficient (Wildman–Crippen LogP) is 2.67. The Kier molecular flexibility index (Phi) is 2.64. The molecular weight excluding hydrogens is 158 g/mol. The average molecular weight is 181 g/mol. The second kappa shape index (κ2) is 3.61. The largest absolute Gasteiger partial charge is 0.317 e. The summed E-state index contributed by atoms with van der Waals surface area (Å²) in [6.45, 7) is 4.77. The lowest BCUT2D eigenvalue weighted by Crippen LogP contribution is -2.35. The number of hydrogen-bond donors (Lipinski definition) is 1. The van der Waals surface area contributed by atoms with E-state index in [4.69, 9.17) is 0 Å². The van der Waals surface area contributed by atoms with E-state index >= 15 is 0 Å². The fraction of sp³-hybridized carbons (Fsp3) is 1.00. The molecule has 76 valence electrons. The summed E-state index contributed by atoms with van der Waals surface area (Å²) >= 11 is 0. The molecule has 2 saturated carbocycles. The van der Waals surface area contributed by atoms with Gasteiger partial charge >= 0.3 is 0 Å². The van der Waals surface area contributed by atoms with E-state index in [2.05, 4.69) is 26.2 Å². The molecule has 0 heterocycles. The second-order valence-corrected chi connectivity index (χ2v) is 5.28. The van der Waals surface area contributed by atoms with Crippen LogP contribution in [0.25, 0.3) is 0 Å². The zero-order chi connectivity index (χ0) is 9.42. The second-order valence-electron chi connectivity index (χ2n) is 5.28. The SMILES string of the molecule is CNC(C)C(C)C1CC2CCC1C2. The molecule has 0 aromatic rings. The van der Waals surface area contributed by atoms with Crippen LogP contribution in [0.3, 0.4) is 0 Å². The number of fused-ring (bicyclic) bond motifs is 2. The summed E-state index contributed by atoms with van der Waals surface area (Å²) in [5.41, 5.74) is 0. The third-order valence-electron chi connectivity index (χ3n) is 4.71. The lowest BCUT2D eigenvalue weighted by Gasteiger charge is -2.31. The molecule has 5 atom stereocenters.